The van der Waals surface area contributed by atoms with Crippen LogP contribution in [0.25, 0.3) is 11.0 Å². The van der Waals surface area contributed by atoms with E-state index in [2.05, 4.69) is 14.5 Å². The van der Waals surface area contributed by atoms with Gasteiger partial charge < -0.3 is 14.2 Å². The van der Waals surface area contributed by atoms with Crippen LogP contribution in [0.15, 0.2) is 36.5 Å². The Labute approximate surface area is 175 Å². The molecule has 0 unspecified atom stereocenters. The standard InChI is InChI=1S/C22H25ClN4O2/c1-3-26(14-15-8-10-18(29-2)11-9-15)21(28)19-12-16-13-24-22(23)25-20(16)27(19)17-6-4-5-7-17/h8-13,17H,3-7,14H2,1-2H3. The molecule has 0 radical (unpaired) electrons. The second-order valence-electron chi connectivity index (χ2n) is 7.42. The average molecular weight is 413 g/mol. The van der Waals surface area contributed by atoms with Crippen LogP contribution in [-0.4, -0.2) is 39.0 Å². The van der Waals surface area contributed by atoms with Gasteiger partial charge in [0.15, 0.2) is 0 Å². The SMILES string of the molecule is CCN(Cc1ccc(OC)cc1)C(=O)c1cc2cnc(Cl)nc2n1C1CCCC1. The maximum absolute atomic E-state index is 13.5. The van der Waals surface area contributed by atoms with E-state index in [9.17, 15) is 4.79 Å². The lowest BCUT2D eigenvalue weighted by Gasteiger charge is -2.24. The molecule has 4 rings (SSSR count). The Bertz CT molecular complexity index is 1010. The third-order valence-corrected chi connectivity index (χ3v) is 5.84. The van der Waals surface area contributed by atoms with Crippen LogP contribution in [0.5, 0.6) is 5.75 Å². The molecule has 0 atom stereocenters. The maximum atomic E-state index is 13.5. The van der Waals surface area contributed by atoms with E-state index in [1.165, 1.54) is 12.8 Å². The molecule has 0 saturated heterocycles. The van der Waals surface area contributed by atoms with Crippen molar-refractivity contribution in [1.29, 1.82) is 0 Å². The van der Waals surface area contributed by atoms with E-state index in [0.717, 1.165) is 35.2 Å². The first-order chi connectivity index (χ1) is 14.1. The predicted molar refractivity (Wildman–Crippen MR) is 113 cm³/mol. The van der Waals surface area contributed by atoms with E-state index < -0.39 is 0 Å². The summed E-state index contributed by atoms with van der Waals surface area (Å²) in [4.78, 5) is 23.9. The molecule has 29 heavy (non-hydrogen) atoms. The third-order valence-electron chi connectivity index (χ3n) is 5.66. The van der Waals surface area contributed by atoms with Gasteiger partial charge in [-0.2, -0.15) is 4.98 Å². The van der Waals surface area contributed by atoms with Crippen molar-refractivity contribution in [1.82, 2.24) is 19.4 Å². The smallest absolute Gasteiger partial charge is 0.270 e. The van der Waals surface area contributed by atoms with Gasteiger partial charge in [0.1, 0.15) is 17.1 Å². The summed E-state index contributed by atoms with van der Waals surface area (Å²) in [6, 6.07) is 10.0. The molecule has 3 aromatic rings. The van der Waals surface area contributed by atoms with Crippen molar-refractivity contribution in [3.05, 3.63) is 53.1 Å². The topological polar surface area (TPSA) is 60.2 Å². The molecule has 2 aromatic heterocycles. The number of amides is 1. The lowest BCUT2D eigenvalue weighted by Crippen LogP contribution is -2.32. The molecule has 1 saturated carbocycles. The van der Waals surface area contributed by atoms with Crippen LogP contribution >= 0.6 is 11.6 Å². The fraction of sp³-hybridized carbons (Fsp3) is 0.409. The Kier molecular flexibility index (Phi) is 5.72. The quantitative estimate of drug-likeness (QED) is 0.542. The van der Waals surface area contributed by atoms with Crippen LogP contribution in [0.4, 0.5) is 0 Å². The van der Waals surface area contributed by atoms with Crippen molar-refractivity contribution in [3.63, 3.8) is 0 Å². The molecule has 6 nitrogen and oxygen atoms in total. The minimum atomic E-state index is 0.00402. The number of benzene rings is 1. The number of hydrogen-bond donors (Lipinski definition) is 0. The van der Waals surface area contributed by atoms with Crippen molar-refractivity contribution in [2.75, 3.05) is 13.7 Å². The molecular weight excluding hydrogens is 388 g/mol. The molecule has 1 fully saturated rings. The summed E-state index contributed by atoms with van der Waals surface area (Å²) in [6.45, 7) is 3.15. The Morgan fingerprint density at radius 1 is 1.28 bits per heavy atom. The second kappa shape index (κ2) is 8.41. The lowest BCUT2D eigenvalue weighted by molar-refractivity contribution is 0.0740. The highest BCUT2D eigenvalue weighted by molar-refractivity contribution is 6.28. The molecule has 2 heterocycles. The predicted octanol–water partition coefficient (Wildman–Crippen LogP) is 4.87. The van der Waals surface area contributed by atoms with Crippen molar-refractivity contribution < 1.29 is 9.53 Å². The van der Waals surface area contributed by atoms with E-state index in [0.29, 0.717) is 18.8 Å². The minimum absolute atomic E-state index is 0.00402. The highest BCUT2D eigenvalue weighted by Gasteiger charge is 2.27. The number of aromatic nitrogens is 3. The molecule has 7 heteroatoms. The van der Waals surface area contributed by atoms with Gasteiger partial charge in [0, 0.05) is 30.7 Å². The van der Waals surface area contributed by atoms with Gasteiger partial charge in [0.05, 0.1) is 7.11 Å². The zero-order valence-corrected chi connectivity index (χ0v) is 17.5. The number of halogens is 1. The maximum Gasteiger partial charge on any atom is 0.270 e. The summed E-state index contributed by atoms with van der Waals surface area (Å²) in [5.41, 5.74) is 2.48. The number of fused-ring (bicyclic) bond motifs is 1. The van der Waals surface area contributed by atoms with Crippen LogP contribution in [0.2, 0.25) is 5.28 Å². The zero-order chi connectivity index (χ0) is 20.4. The van der Waals surface area contributed by atoms with Gasteiger partial charge in [-0.05, 0) is 55.1 Å². The Hall–Kier alpha value is -2.60. The van der Waals surface area contributed by atoms with Gasteiger partial charge in [-0.3, -0.25) is 4.79 Å². The molecule has 0 aliphatic heterocycles. The monoisotopic (exact) mass is 412 g/mol. The minimum Gasteiger partial charge on any atom is -0.497 e. The fourth-order valence-electron chi connectivity index (χ4n) is 4.12. The van der Waals surface area contributed by atoms with Gasteiger partial charge in [0.2, 0.25) is 5.28 Å². The van der Waals surface area contributed by atoms with Gasteiger partial charge in [-0.15, -0.1) is 0 Å². The highest BCUT2D eigenvalue weighted by Crippen LogP contribution is 2.35. The van der Waals surface area contributed by atoms with Gasteiger partial charge in [-0.25, -0.2) is 4.98 Å². The number of hydrogen-bond acceptors (Lipinski definition) is 4. The fourth-order valence-corrected chi connectivity index (χ4v) is 4.25. The number of carbonyl (C=O) groups excluding carboxylic acids is 1. The molecule has 1 aliphatic rings. The number of methoxy groups -OCH3 is 1. The van der Waals surface area contributed by atoms with Crippen LogP contribution in [0.3, 0.4) is 0 Å². The largest absolute Gasteiger partial charge is 0.497 e. The third kappa shape index (κ3) is 3.94. The summed E-state index contributed by atoms with van der Waals surface area (Å²) in [5.74, 6) is 0.810. The molecule has 1 aromatic carbocycles. The Balaban J connectivity index is 1.69. The molecule has 0 spiro atoms. The second-order valence-corrected chi connectivity index (χ2v) is 7.76. The number of carbonyl (C=O) groups is 1. The number of nitrogens with zero attached hydrogens (tertiary/aromatic N) is 4. The van der Waals surface area contributed by atoms with Gasteiger partial charge in [-0.1, -0.05) is 25.0 Å². The van der Waals surface area contributed by atoms with E-state index in [1.54, 1.807) is 13.3 Å². The van der Waals surface area contributed by atoms with E-state index in [1.807, 2.05) is 42.2 Å². The van der Waals surface area contributed by atoms with Crippen LogP contribution < -0.4 is 4.74 Å². The summed E-state index contributed by atoms with van der Waals surface area (Å²) in [5, 5.41) is 1.06. The zero-order valence-electron chi connectivity index (χ0n) is 16.8. The molecule has 0 bridgehead atoms. The van der Waals surface area contributed by atoms with Crippen LogP contribution in [-0.2, 0) is 6.54 Å². The van der Waals surface area contributed by atoms with Crippen LogP contribution in [0.1, 0.15) is 54.7 Å². The first kappa shape index (κ1) is 19.7. The van der Waals surface area contributed by atoms with E-state index in [-0.39, 0.29) is 17.2 Å². The highest BCUT2D eigenvalue weighted by atomic mass is 35.5. The first-order valence-corrected chi connectivity index (χ1v) is 10.4. The molecular formula is C22H25ClN4O2. The summed E-state index contributed by atoms with van der Waals surface area (Å²) in [6.07, 6.45) is 6.14. The normalized spacial score (nSPS) is 14.4. The molecule has 0 N–H and O–H groups in total. The van der Waals surface area contributed by atoms with Crippen molar-refractivity contribution >= 4 is 28.5 Å². The number of rotatable bonds is 6. The summed E-state index contributed by atoms with van der Waals surface area (Å²) in [7, 11) is 1.65. The molecule has 152 valence electrons. The van der Waals surface area contributed by atoms with E-state index in [4.69, 9.17) is 16.3 Å². The van der Waals surface area contributed by atoms with Crippen molar-refractivity contribution in [2.45, 2.75) is 45.2 Å². The van der Waals surface area contributed by atoms with Crippen LogP contribution in [0, 0.1) is 0 Å². The summed E-state index contributed by atoms with van der Waals surface area (Å²) < 4.78 is 7.32. The summed E-state index contributed by atoms with van der Waals surface area (Å²) >= 11 is 6.07. The Morgan fingerprint density at radius 2 is 2.00 bits per heavy atom. The van der Waals surface area contributed by atoms with Crippen molar-refractivity contribution in [2.24, 2.45) is 0 Å². The number of ether oxygens (including phenoxy) is 1. The van der Waals surface area contributed by atoms with Gasteiger partial charge in [0.25, 0.3) is 5.91 Å². The lowest BCUT2D eigenvalue weighted by atomic mass is 10.2. The molecule has 1 aliphatic carbocycles. The molecule has 1 amide bonds. The van der Waals surface area contributed by atoms with E-state index >= 15 is 0 Å². The first-order valence-electron chi connectivity index (χ1n) is 10.1. The Morgan fingerprint density at radius 3 is 2.66 bits per heavy atom. The van der Waals surface area contributed by atoms with Gasteiger partial charge >= 0.3 is 0 Å². The van der Waals surface area contributed by atoms with Crippen molar-refractivity contribution in [3.8, 4) is 5.75 Å². The average Bonchev–Trinajstić information content (AvgIpc) is 3.39.